The monoisotopic (exact) mass is 261 g/mol. The summed E-state index contributed by atoms with van der Waals surface area (Å²) >= 11 is 0. The molecule has 2 atom stereocenters. The van der Waals surface area contributed by atoms with Gasteiger partial charge in [0.05, 0.1) is 6.04 Å². The van der Waals surface area contributed by atoms with E-state index < -0.39 is 0 Å². The lowest BCUT2D eigenvalue weighted by Crippen LogP contribution is -2.47. The van der Waals surface area contributed by atoms with E-state index in [4.69, 9.17) is 14.2 Å². The molecule has 0 aromatic rings. The van der Waals surface area contributed by atoms with Crippen molar-refractivity contribution in [1.29, 1.82) is 0 Å². The van der Waals surface area contributed by atoms with Crippen LogP contribution in [0.15, 0.2) is 0 Å². The van der Waals surface area contributed by atoms with Crippen molar-refractivity contribution in [2.75, 3.05) is 33.5 Å². The van der Waals surface area contributed by atoms with Crippen LogP contribution in [0.5, 0.6) is 0 Å². The average Bonchev–Trinajstić information content (AvgIpc) is 2.37. The fourth-order valence-electron chi connectivity index (χ4n) is 1.94. The quantitative estimate of drug-likeness (QED) is 0.548. The van der Waals surface area contributed by atoms with Gasteiger partial charge < -0.3 is 19.5 Å². The van der Waals surface area contributed by atoms with Crippen molar-refractivity contribution in [1.82, 2.24) is 5.32 Å². The van der Waals surface area contributed by atoms with E-state index in [1.807, 2.05) is 13.8 Å². The lowest BCUT2D eigenvalue weighted by molar-refractivity contribution is -0.162. The highest BCUT2D eigenvalue weighted by Gasteiger charge is 2.27. The van der Waals surface area contributed by atoms with E-state index in [1.165, 1.54) is 0 Å². The van der Waals surface area contributed by atoms with Crippen molar-refractivity contribution < 1.29 is 14.2 Å². The molecular formula is C14H31NO3. The first kappa shape index (κ1) is 17.8. The molecule has 0 spiro atoms. The standard InChI is InChI=1S/C14H31NO3/c1-6-10-15-13(12(4)9-11-16-5)14(17-7-2)18-8-3/h12-15H,6-11H2,1-5H3. The maximum absolute atomic E-state index is 5.72. The molecule has 0 heterocycles. The van der Waals surface area contributed by atoms with Gasteiger partial charge in [-0.3, -0.25) is 0 Å². The third-order valence-electron chi connectivity index (χ3n) is 2.98. The number of nitrogens with one attached hydrogen (secondary N) is 1. The topological polar surface area (TPSA) is 39.7 Å². The Morgan fingerprint density at radius 3 is 2.11 bits per heavy atom. The van der Waals surface area contributed by atoms with E-state index in [2.05, 4.69) is 19.2 Å². The van der Waals surface area contributed by atoms with Crippen LogP contribution in [-0.2, 0) is 14.2 Å². The van der Waals surface area contributed by atoms with Gasteiger partial charge in [-0.2, -0.15) is 0 Å². The summed E-state index contributed by atoms with van der Waals surface area (Å²) in [6, 6.07) is 0.222. The van der Waals surface area contributed by atoms with Gasteiger partial charge in [-0.25, -0.2) is 0 Å². The van der Waals surface area contributed by atoms with Gasteiger partial charge in [0, 0.05) is 26.9 Å². The highest BCUT2D eigenvalue weighted by molar-refractivity contribution is 4.77. The number of methoxy groups -OCH3 is 1. The van der Waals surface area contributed by atoms with Crippen LogP contribution in [0.2, 0.25) is 0 Å². The molecule has 0 radical (unpaired) electrons. The third kappa shape index (κ3) is 7.31. The molecule has 2 unspecified atom stereocenters. The summed E-state index contributed by atoms with van der Waals surface area (Å²) in [7, 11) is 1.74. The van der Waals surface area contributed by atoms with Crippen LogP contribution >= 0.6 is 0 Å². The van der Waals surface area contributed by atoms with Gasteiger partial charge in [-0.1, -0.05) is 13.8 Å². The minimum atomic E-state index is -0.168. The Bertz CT molecular complexity index is 172. The zero-order chi connectivity index (χ0) is 13.8. The van der Waals surface area contributed by atoms with E-state index in [1.54, 1.807) is 7.11 Å². The van der Waals surface area contributed by atoms with Gasteiger partial charge >= 0.3 is 0 Å². The Morgan fingerprint density at radius 2 is 1.67 bits per heavy atom. The first-order chi connectivity index (χ1) is 8.71. The Labute approximate surface area is 112 Å². The summed E-state index contributed by atoms with van der Waals surface area (Å²) in [5, 5.41) is 3.54. The molecular weight excluding hydrogens is 230 g/mol. The minimum absolute atomic E-state index is 0.168. The summed E-state index contributed by atoms with van der Waals surface area (Å²) in [6.07, 6.45) is 1.95. The van der Waals surface area contributed by atoms with Gasteiger partial charge in [0.1, 0.15) is 0 Å². The number of ether oxygens (including phenoxy) is 3. The average molecular weight is 261 g/mol. The third-order valence-corrected chi connectivity index (χ3v) is 2.98. The molecule has 4 nitrogen and oxygen atoms in total. The molecule has 0 aliphatic carbocycles. The van der Waals surface area contributed by atoms with Crippen molar-refractivity contribution in [3.8, 4) is 0 Å². The molecule has 0 aliphatic rings. The van der Waals surface area contributed by atoms with Gasteiger partial charge in [-0.15, -0.1) is 0 Å². The first-order valence-corrected chi connectivity index (χ1v) is 7.16. The fraction of sp³-hybridized carbons (Fsp3) is 1.00. The number of rotatable bonds is 12. The SMILES string of the molecule is CCCNC(C(C)CCOC)C(OCC)OCC. The number of hydrogen-bond donors (Lipinski definition) is 1. The molecule has 110 valence electrons. The molecule has 0 fully saturated rings. The lowest BCUT2D eigenvalue weighted by atomic mass is 9.97. The van der Waals surface area contributed by atoms with Crippen molar-refractivity contribution in [2.45, 2.75) is 52.9 Å². The smallest absolute Gasteiger partial charge is 0.172 e. The van der Waals surface area contributed by atoms with Crippen LogP contribution in [0.25, 0.3) is 0 Å². The van der Waals surface area contributed by atoms with Crippen LogP contribution in [0.4, 0.5) is 0 Å². The van der Waals surface area contributed by atoms with Crippen LogP contribution in [0.1, 0.15) is 40.5 Å². The van der Waals surface area contributed by atoms with E-state index >= 15 is 0 Å². The molecule has 0 aromatic carbocycles. The second-order valence-electron chi connectivity index (χ2n) is 4.52. The Hall–Kier alpha value is -0.160. The van der Waals surface area contributed by atoms with Gasteiger partial charge in [0.15, 0.2) is 6.29 Å². The molecule has 0 rings (SSSR count). The predicted octanol–water partition coefficient (Wildman–Crippen LogP) is 2.43. The van der Waals surface area contributed by atoms with Gasteiger partial charge in [0.2, 0.25) is 0 Å². The van der Waals surface area contributed by atoms with Crippen LogP contribution in [0.3, 0.4) is 0 Å². The van der Waals surface area contributed by atoms with Crippen molar-refractivity contribution in [2.24, 2.45) is 5.92 Å². The van der Waals surface area contributed by atoms with Gasteiger partial charge in [-0.05, 0) is 39.2 Å². The van der Waals surface area contributed by atoms with E-state index in [0.717, 1.165) is 26.0 Å². The summed E-state index contributed by atoms with van der Waals surface area (Å²) < 4.78 is 16.6. The fourth-order valence-corrected chi connectivity index (χ4v) is 1.94. The molecule has 1 N–H and O–H groups in total. The molecule has 0 saturated carbocycles. The van der Waals surface area contributed by atoms with E-state index in [0.29, 0.717) is 19.1 Å². The Balaban J connectivity index is 4.47. The molecule has 0 aliphatic heterocycles. The van der Waals surface area contributed by atoms with Crippen LogP contribution < -0.4 is 5.32 Å². The highest BCUT2D eigenvalue weighted by Crippen LogP contribution is 2.16. The van der Waals surface area contributed by atoms with Crippen molar-refractivity contribution in [3.05, 3.63) is 0 Å². The molecule has 0 amide bonds. The molecule has 18 heavy (non-hydrogen) atoms. The summed E-state index contributed by atoms with van der Waals surface area (Å²) in [6.45, 7) is 11.5. The zero-order valence-electron chi connectivity index (χ0n) is 12.7. The Kier molecular flexibility index (Phi) is 11.8. The summed E-state index contributed by atoms with van der Waals surface area (Å²) in [4.78, 5) is 0. The molecule has 4 heteroatoms. The van der Waals surface area contributed by atoms with Gasteiger partial charge in [0.25, 0.3) is 0 Å². The van der Waals surface area contributed by atoms with Crippen LogP contribution in [0, 0.1) is 5.92 Å². The second kappa shape index (κ2) is 11.9. The summed E-state index contributed by atoms with van der Waals surface area (Å²) in [5.41, 5.74) is 0. The van der Waals surface area contributed by atoms with E-state index in [-0.39, 0.29) is 12.3 Å². The zero-order valence-corrected chi connectivity index (χ0v) is 12.7. The maximum atomic E-state index is 5.72. The van der Waals surface area contributed by atoms with Crippen molar-refractivity contribution in [3.63, 3.8) is 0 Å². The maximum Gasteiger partial charge on any atom is 0.172 e. The highest BCUT2D eigenvalue weighted by atomic mass is 16.7. The molecule has 0 bridgehead atoms. The predicted molar refractivity (Wildman–Crippen MR) is 74.8 cm³/mol. The second-order valence-corrected chi connectivity index (χ2v) is 4.52. The normalized spacial score (nSPS) is 15.0. The molecule has 0 saturated heterocycles. The lowest BCUT2D eigenvalue weighted by Gasteiger charge is -2.32. The molecule has 0 aromatic heterocycles. The minimum Gasteiger partial charge on any atom is -0.385 e. The first-order valence-electron chi connectivity index (χ1n) is 7.16. The number of hydrogen-bond acceptors (Lipinski definition) is 4. The summed E-state index contributed by atoms with van der Waals surface area (Å²) in [5.74, 6) is 0.458. The largest absolute Gasteiger partial charge is 0.385 e. The van der Waals surface area contributed by atoms with E-state index in [9.17, 15) is 0 Å². The van der Waals surface area contributed by atoms with Crippen molar-refractivity contribution >= 4 is 0 Å². The Morgan fingerprint density at radius 1 is 1.06 bits per heavy atom. The van der Waals surface area contributed by atoms with Crippen LogP contribution in [-0.4, -0.2) is 45.8 Å².